The number of carbonyl (C=O) groups is 1. The average Bonchev–Trinajstić information content (AvgIpc) is 2.54. The van der Waals surface area contributed by atoms with Crippen LogP contribution in [0.1, 0.15) is 20.8 Å². The molecule has 1 heterocycles. The fourth-order valence-corrected chi connectivity index (χ4v) is 2.68. The first-order valence-corrected chi connectivity index (χ1v) is 8.05. The third kappa shape index (κ3) is 3.71. The molecule has 2 unspecified atom stereocenters. The van der Waals surface area contributed by atoms with E-state index in [1.54, 1.807) is 0 Å². The summed E-state index contributed by atoms with van der Waals surface area (Å²) >= 11 is 0. The van der Waals surface area contributed by atoms with Gasteiger partial charge in [0.25, 0.3) is 0 Å². The molecule has 122 valence electrons. The summed E-state index contributed by atoms with van der Waals surface area (Å²) < 4.78 is 5.70. The van der Waals surface area contributed by atoms with Crippen LogP contribution >= 0.6 is 0 Å². The van der Waals surface area contributed by atoms with Crippen LogP contribution in [0.2, 0.25) is 0 Å². The molecule has 0 bridgehead atoms. The van der Waals surface area contributed by atoms with Crippen LogP contribution in [0.3, 0.4) is 0 Å². The number of nitrogens with two attached hydrogens (primary N) is 1. The van der Waals surface area contributed by atoms with Crippen molar-refractivity contribution in [2.24, 2.45) is 11.7 Å². The van der Waals surface area contributed by atoms with E-state index in [0.29, 0.717) is 6.61 Å². The van der Waals surface area contributed by atoms with Gasteiger partial charge in [-0.15, -0.1) is 0 Å². The van der Waals surface area contributed by atoms with Crippen LogP contribution in [0.25, 0.3) is 0 Å². The molecule has 22 heavy (non-hydrogen) atoms. The normalized spacial score (nSPS) is 18.0. The van der Waals surface area contributed by atoms with Gasteiger partial charge in [0.05, 0.1) is 18.2 Å². The minimum absolute atomic E-state index is 0.107. The Balaban J connectivity index is 1.99. The molecule has 1 fully saturated rings. The van der Waals surface area contributed by atoms with E-state index >= 15 is 0 Å². The number of anilines is 1. The van der Waals surface area contributed by atoms with Crippen LogP contribution in [0.15, 0.2) is 24.3 Å². The highest BCUT2D eigenvalue weighted by Crippen LogP contribution is 2.29. The zero-order chi connectivity index (χ0) is 16.1. The van der Waals surface area contributed by atoms with Crippen molar-refractivity contribution >= 4 is 11.6 Å². The lowest BCUT2D eigenvalue weighted by Crippen LogP contribution is -2.52. The molecule has 0 spiro atoms. The maximum atomic E-state index is 12.4. The Morgan fingerprint density at radius 3 is 2.45 bits per heavy atom. The van der Waals surface area contributed by atoms with Crippen molar-refractivity contribution in [1.82, 2.24) is 4.90 Å². The smallest absolute Gasteiger partial charge is 0.227 e. The lowest BCUT2D eigenvalue weighted by atomic mass is 10.0. The lowest BCUT2D eigenvalue weighted by molar-refractivity contribution is -0.135. The van der Waals surface area contributed by atoms with Crippen molar-refractivity contribution in [3.63, 3.8) is 0 Å². The van der Waals surface area contributed by atoms with Gasteiger partial charge < -0.3 is 20.3 Å². The van der Waals surface area contributed by atoms with Gasteiger partial charge in [-0.2, -0.15) is 0 Å². The van der Waals surface area contributed by atoms with Crippen LogP contribution in [0.4, 0.5) is 5.69 Å². The summed E-state index contributed by atoms with van der Waals surface area (Å²) in [6.45, 7) is 9.54. The predicted molar refractivity (Wildman–Crippen MR) is 89.2 cm³/mol. The van der Waals surface area contributed by atoms with Crippen LogP contribution in [-0.4, -0.2) is 49.6 Å². The molecule has 0 saturated carbocycles. The van der Waals surface area contributed by atoms with E-state index in [4.69, 9.17) is 10.5 Å². The molecule has 1 aromatic rings. The number of hydrogen-bond donors (Lipinski definition) is 1. The van der Waals surface area contributed by atoms with E-state index in [-0.39, 0.29) is 17.9 Å². The molecule has 0 aromatic heterocycles. The van der Waals surface area contributed by atoms with Crippen LogP contribution in [-0.2, 0) is 4.79 Å². The third-order valence-corrected chi connectivity index (χ3v) is 4.28. The standard InChI is InChI=1S/C17H27N3O2/c1-4-22-16-8-6-5-7-15(16)19-9-11-20(12-10-19)17(21)13(2)14(3)18/h5-8,13-14H,4,9-12,18H2,1-3H3. The van der Waals surface area contributed by atoms with Crippen LogP contribution in [0.5, 0.6) is 5.75 Å². The quantitative estimate of drug-likeness (QED) is 0.900. The molecule has 1 aliphatic rings. The van der Waals surface area contributed by atoms with Gasteiger partial charge in [0.2, 0.25) is 5.91 Å². The largest absolute Gasteiger partial charge is 0.492 e. The maximum absolute atomic E-state index is 12.4. The van der Waals surface area contributed by atoms with Gasteiger partial charge >= 0.3 is 0 Å². The van der Waals surface area contributed by atoms with Crippen molar-refractivity contribution in [1.29, 1.82) is 0 Å². The number of para-hydroxylation sites is 2. The number of carbonyl (C=O) groups excluding carboxylic acids is 1. The number of rotatable bonds is 5. The number of ether oxygens (including phenoxy) is 1. The Hall–Kier alpha value is -1.75. The van der Waals surface area contributed by atoms with Crippen molar-refractivity contribution < 1.29 is 9.53 Å². The van der Waals surface area contributed by atoms with Gasteiger partial charge in [-0.1, -0.05) is 19.1 Å². The minimum atomic E-state index is -0.123. The summed E-state index contributed by atoms with van der Waals surface area (Å²) in [5.74, 6) is 0.948. The Kier molecular flexibility index (Phi) is 5.66. The van der Waals surface area contributed by atoms with Gasteiger partial charge in [-0.05, 0) is 26.0 Å². The molecule has 2 N–H and O–H groups in total. The fraction of sp³-hybridized carbons (Fsp3) is 0.588. The molecule has 1 aromatic carbocycles. The number of amides is 1. The molecule has 1 amide bonds. The van der Waals surface area contributed by atoms with Crippen molar-refractivity contribution in [2.45, 2.75) is 26.8 Å². The Morgan fingerprint density at radius 1 is 1.23 bits per heavy atom. The van der Waals surface area contributed by atoms with Gasteiger partial charge in [0, 0.05) is 32.2 Å². The number of piperazine rings is 1. The van der Waals surface area contributed by atoms with Gasteiger partial charge in [0.15, 0.2) is 0 Å². The molecular formula is C17H27N3O2. The van der Waals surface area contributed by atoms with E-state index in [1.165, 1.54) is 0 Å². The van der Waals surface area contributed by atoms with Crippen molar-refractivity contribution in [2.75, 3.05) is 37.7 Å². The molecule has 5 heteroatoms. The van der Waals surface area contributed by atoms with Gasteiger partial charge in [0.1, 0.15) is 5.75 Å². The molecule has 0 aliphatic carbocycles. The molecule has 5 nitrogen and oxygen atoms in total. The number of nitrogens with zero attached hydrogens (tertiary/aromatic N) is 2. The van der Waals surface area contributed by atoms with E-state index in [9.17, 15) is 4.79 Å². The highest BCUT2D eigenvalue weighted by molar-refractivity contribution is 5.79. The van der Waals surface area contributed by atoms with E-state index in [0.717, 1.165) is 37.6 Å². The maximum Gasteiger partial charge on any atom is 0.227 e. The highest BCUT2D eigenvalue weighted by Gasteiger charge is 2.27. The SMILES string of the molecule is CCOc1ccccc1N1CCN(C(=O)C(C)C(C)N)CC1. The average molecular weight is 305 g/mol. The van der Waals surface area contributed by atoms with Crippen molar-refractivity contribution in [3.8, 4) is 5.75 Å². The molecule has 1 saturated heterocycles. The first-order chi connectivity index (χ1) is 10.5. The zero-order valence-electron chi connectivity index (χ0n) is 13.8. The predicted octanol–water partition coefficient (Wildman–Crippen LogP) is 1.72. The summed E-state index contributed by atoms with van der Waals surface area (Å²) in [6, 6.07) is 7.97. The summed E-state index contributed by atoms with van der Waals surface area (Å²) in [7, 11) is 0. The minimum Gasteiger partial charge on any atom is -0.492 e. The second kappa shape index (κ2) is 7.49. The number of benzene rings is 1. The first-order valence-electron chi connectivity index (χ1n) is 8.05. The highest BCUT2D eigenvalue weighted by atomic mass is 16.5. The van der Waals surface area contributed by atoms with Crippen LogP contribution in [0, 0.1) is 5.92 Å². The third-order valence-electron chi connectivity index (χ3n) is 4.28. The van der Waals surface area contributed by atoms with Gasteiger partial charge in [-0.25, -0.2) is 0 Å². The van der Waals surface area contributed by atoms with Gasteiger partial charge in [-0.3, -0.25) is 4.79 Å². The van der Waals surface area contributed by atoms with E-state index in [1.807, 2.05) is 43.9 Å². The summed E-state index contributed by atoms with van der Waals surface area (Å²) in [4.78, 5) is 16.6. The lowest BCUT2D eigenvalue weighted by Gasteiger charge is -2.38. The monoisotopic (exact) mass is 305 g/mol. The summed E-state index contributed by atoms with van der Waals surface area (Å²) in [6.07, 6.45) is 0. The summed E-state index contributed by atoms with van der Waals surface area (Å²) in [5, 5.41) is 0. The molecule has 2 rings (SSSR count). The molecule has 0 radical (unpaired) electrons. The molecular weight excluding hydrogens is 278 g/mol. The fourth-order valence-electron chi connectivity index (χ4n) is 2.68. The van der Waals surface area contributed by atoms with E-state index < -0.39 is 0 Å². The molecule has 2 atom stereocenters. The summed E-state index contributed by atoms with van der Waals surface area (Å²) in [5.41, 5.74) is 6.95. The zero-order valence-corrected chi connectivity index (χ0v) is 13.8. The second-order valence-electron chi connectivity index (χ2n) is 5.86. The van der Waals surface area contributed by atoms with Crippen molar-refractivity contribution in [3.05, 3.63) is 24.3 Å². The second-order valence-corrected chi connectivity index (χ2v) is 5.86. The molecule has 1 aliphatic heterocycles. The Labute approximate surface area is 133 Å². The Morgan fingerprint density at radius 2 is 1.86 bits per heavy atom. The topological polar surface area (TPSA) is 58.8 Å². The van der Waals surface area contributed by atoms with Crippen LogP contribution < -0.4 is 15.4 Å². The van der Waals surface area contributed by atoms with E-state index in [2.05, 4.69) is 11.0 Å². The Bertz CT molecular complexity index is 496. The first kappa shape index (κ1) is 16.6. The number of hydrogen-bond acceptors (Lipinski definition) is 4.